The molecule has 0 atom stereocenters. The van der Waals surface area contributed by atoms with Crippen LogP contribution >= 0.6 is 11.6 Å². The van der Waals surface area contributed by atoms with Gasteiger partial charge in [0.1, 0.15) is 5.82 Å². The first-order valence-corrected chi connectivity index (χ1v) is 6.85. The first-order valence-electron chi connectivity index (χ1n) is 6.47. The van der Waals surface area contributed by atoms with Gasteiger partial charge in [0.25, 0.3) is 0 Å². The summed E-state index contributed by atoms with van der Waals surface area (Å²) in [5.74, 6) is 0.963. The van der Waals surface area contributed by atoms with Crippen LogP contribution in [0, 0.1) is 0 Å². The molecule has 0 aliphatic rings. The number of benzene rings is 1. The van der Waals surface area contributed by atoms with E-state index in [0.29, 0.717) is 0 Å². The Kier molecular flexibility index (Phi) is 3.56. The van der Waals surface area contributed by atoms with E-state index in [1.165, 1.54) is 5.56 Å². The van der Waals surface area contributed by atoms with Gasteiger partial charge in [0.05, 0.1) is 6.20 Å². The highest BCUT2D eigenvalue weighted by atomic mass is 35.5. The third-order valence-corrected chi connectivity index (χ3v) is 3.47. The van der Waals surface area contributed by atoms with Crippen molar-refractivity contribution >= 4 is 11.6 Å². The summed E-state index contributed by atoms with van der Waals surface area (Å²) in [6, 6.07) is 7.75. The predicted octanol–water partition coefficient (Wildman–Crippen LogP) is 3.18. The number of aryl methyl sites for hydroxylation is 3. The maximum Gasteiger partial charge on any atom is 0.139 e. The Bertz CT molecular complexity index is 697. The van der Waals surface area contributed by atoms with E-state index in [0.717, 1.165) is 29.4 Å². The second-order valence-electron chi connectivity index (χ2n) is 4.72. The molecule has 3 aromatic rings. The van der Waals surface area contributed by atoms with Gasteiger partial charge in [-0.2, -0.15) is 5.10 Å². The van der Waals surface area contributed by atoms with Gasteiger partial charge in [0.15, 0.2) is 0 Å². The maximum atomic E-state index is 5.92. The normalized spacial score (nSPS) is 10.9. The number of nitrogens with zero attached hydrogens (tertiary/aromatic N) is 4. The molecule has 0 aliphatic carbocycles. The summed E-state index contributed by atoms with van der Waals surface area (Å²) < 4.78 is 3.97. The van der Waals surface area contributed by atoms with E-state index in [1.807, 2.05) is 60.8 Å². The van der Waals surface area contributed by atoms with Crippen LogP contribution in [-0.4, -0.2) is 19.3 Å². The Morgan fingerprint density at radius 3 is 2.70 bits per heavy atom. The lowest BCUT2D eigenvalue weighted by Gasteiger charge is -2.07. The Hall–Kier alpha value is -2.07. The topological polar surface area (TPSA) is 35.6 Å². The van der Waals surface area contributed by atoms with E-state index in [1.54, 1.807) is 0 Å². The average Bonchev–Trinajstić information content (AvgIpc) is 3.06. The second-order valence-corrected chi connectivity index (χ2v) is 5.16. The Morgan fingerprint density at radius 1 is 1.20 bits per heavy atom. The maximum absolute atomic E-state index is 5.92. The van der Waals surface area contributed by atoms with Crippen LogP contribution in [0.4, 0.5) is 0 Å². The fourth-order valence-corrected chi connectivity index (χ4v) is 2.33. The van der Waals surface area contributed by atoms with Crippen molar-refractivity contribution in [2.45, 2.75) is 13.0 Å². The van der Waals surface area contributed by atoms with Gasteiger partial charge in [-0.1, -0.05) is 11.6 Å². The fraction of sp³-hybridized carbons (Fsp3) is 0.200. The number of hydrogen-bond donors (Lipinski definition) is 0. The summed E-state index contributed by atoms with van der Waals surface area (Å²) in [5.41, 5.74) is 2.30. The SMILES string of the molecule is Cn1cc(CCn2ccnc2-c2ccc(Cl)cc2)cn1. The van der Waals surface area contributed by atoms with Crippen LogP contribution in [0.5, 0.6) is 0 Å². The summed E-state index contributed by atoms with van der Waals surface area (Å²) >= 11 is 5.92. The molecule has 0 radical (unpaired) electrons. The third kappa shape index (κ3) is 2.75. The molecule has 0 saturated heterocycles. The van der Waals surface area contributed by atoms with Crippen LogP contribution in [0.3, 0.4) is 0 Å². The minimum absolute atomic E-state index is 0.738. The summed E-state index contributed by atoms with van der Waals surface area (Å²) in [4.78, 5) is 4.43. The monoisotopic (exact) mass is 286 g/mol. The molecule has 0 spiro atoms. The van der Waals surface area contributed by atoms with Gasteiger partial charge < -0.3 is 4.57 Å². The van der Waals surface area contributed by atoms with Crippen LogP contribution in [0.1, 0.15) is 5.56 Å². The van der Waals surface area contributed by atoms with E-state index in [9.17, 15) is 0 Å². The van der Waals surface area contributed by atoms with Crippen molar-refractivity contribution in [2.24, 2.45) is 7.05 Å². The van der Waals surface area contributed by atoms with Crippen molar-refractivity contribution in [3.05, 3.63) is 59.6 Å². The van der Waals surface area contributed by atoms with Gasteiger partial charge in [-0.3, -0.25) is 4.68 Å². The predicted molar refractivity (Wildman–Crippen MR) is 79.6 cm³/mol. The van der Waals surface area contributed by atoms with Gasteiger partial charge in [-0.15, -0.1) is 0 Å². The van der Waals surface area contributed by atoms with E-state index < -0.39 is 0 Å². The Morgan fingerprint density at radius 2 is 2.00 bits per heavy atom. The number of hydrogen-bond acceptors (Lipinski definition) is 2. The second kappa shape index (κ2) is 5.51. The van der Waals surface area contributed by atoms with Crippen LogP contribution in [-0.2, 0) is 20.0 Å². The molecule has 20 heavy (non-hydrogen) atoms. The molecule has 5 heteroatoms. The molecule has 2 aromatic heterocycles. The smallest absolute Gasteiger partial charge is 0.139 e. The van der Waals surface area contributed by atoms with Gasteiger partial charge in [-0.25, -0.2) is 4.98 Å². The average molecular weight is 287 g/mol. The lowest BCUT2D eigenvalue weighted by molar-refractivity contribution is 0.701. The van der Waals surface area contributed by atoms with E-state index >= 15 is 0 Å². The highest BCUT2D eigenvalue weighted by Gasteiger charge is 2.06. The van der Waals surface area contributed by atoms with Gasteiger partial charge in [0.2, 0.25) is 0 Å². The summed E-state index contributed by atoms with van der Waals surface area (Å²) in [6.07, 6.45) is 8.70. The largest absolute Gasteiger partial charge is 0.331 e. The lowest BCUT2D eigenvalue weighted by atomic mass is 10.2. The van der Waals surface area contributed by atoms with Crippen molar-refractivity contribution in [3.8, 4) is 11.4 Å². The van der Waals surface area contributed by atoms with Crippen molar-refractivity contribution in [1.82, 2.24) is 19.3 Å². The van der Waals surface area contributed by atoms with Gasteiger partial charge in [-0.05, 0) is 36.2 Å². The van der Waals surface area contributed by atoms with Crippen LogP contribution in [0.2, 0.25) is 5.02 Å². The molecule has 0 bridgehead atoms. The fourth-order valence-electron chi connectivity index (χ4n) is 2.20. The Balaban J connectivity index is 1.78. The zero-order valence-electron chi connectivity index (χ0n) is 11.2. The molecule has 1 aromatic carbocycles. The van der Waals surface area contributed by atoms with Crippen LogP contribution in [0.15, 0.2) is 49.1 Å². The number of imidazole rings is 1. The zero-order chi connectivity index (χ0) is 13.9. The van der Waals surface area contributed by atoms with Crippen LogP contribution < -0.4 is 0 Å². The standard InChI is InChI=1S/C15H15ClN4/c1-19-11-12(10-18-19)6-8-20-9-7-17-15(20)13-2-4-14(16)5-3-13/h2-5,7,9-11H,6,8H2,1H3. The molecule has 4 nitrogen and oxygen atoms in total. The highest BCUT2D eigenvalue weighted by Crippen LogP contribution is 2.20. The molecule has 0 fully saturated rings. The molecule has 0 amide bonds. The molecular formula is C15H15ClN4. The first-order chi connectivity index (χ1) is 9.72. The van der Waals surface area contributed by atoms with Crippen molar-refractivity contribution in [1.29, 1.82) is 0 Å². The molecule has 3 rings (SSSR count). The summed E-state index contributed by atoms with van der Waals surface area (Å²) in [7, 11) is 1.93. The molecular weight excluding hydrogens is 272 g/mol. The molecule has 0 saturated carbocycles. The van der Waals surface area contributed by atoms with Gasteiger partial charge in [0, 0.05) is 42.8 Å². The van der Waals surface area contributed by atoms with Gasteiger partial charge >= 0.3 is 0 Å². The van der Waals surface area contributed by atoms with E-state index in [-0.39, 0.29) is 0 Å². The number of aromatic nitrogens is 4. The lowest BCUT2D eigenvalue weighted by Crippen LogP contribution is -2.02. The van der Waals surface area contributed by atoms with E-state index in [4.69, 9.17) is 11.6 Å². The Labute approximate surface area is 122 Å². The molecule has 0 unspecified atom stereocenters. The summed E-state index contributed by atoms with van der Waals surface area (Å²) in [6.45, 7) is 0.879. The van der Waals surface area contributed by atoms with E-state index in [2.05, 4.69) is 14.6 Å². The third-order valence-electron chi connectivity index (χ3n) is 3.22. The van der Waals surface area contributed by atoms with Crippen molar-refractivity contribution < 1.29 is 0 Å². The molecule has 2 heterocycles. The molecule has 0 N–H and O–H groups in total. The quantitative estimate of drug-likeness (QED) is 0.738. The van der Waals surface area contributed by atoms with Crippen molar-refractivity contribution in [2.75, 3.05) is 0 Å². The zero-order valence-corrected chi connectivity index (χ0v) is 12.0. The first kappa shape index (κ1) is 12.9. The van der Waals surface area contributed by atoms with Crippen molar-refractivity contribution in [3.63, 3.8) is 0 Å². The summed E-state index contributed by atoms with van der Waals surface area (Å²) in [5, 5.41) is 4.92. The molecule has 0 aliphatic heterocycles. The van der Waals surface area contributed by atoms with Crippen LogP contribution in [0.25, 0.3) is 11.4 Å². The minimum atomic E-state index is 0.738. The number of halogens is 1. The minimum Gasteiger partial charge on any atom is -0.331 e. The highest BCUT2D eigenvalue weighted by molar-refractivity contribution is 6.30. The number of rotatable bonds is 4. The molecule has 102 valence electrons.